The number of para-hydroxylation sites is 1. The fraction of sp³-hybridized carbons (Fsp3) is 0.462. The molecule has 0 fully saturated rings. The van der Waals surface area contributed by atoms with Gasteiger partial charge in [0.25, 0.3) is 0 Å². The molecule has 1 rings (SSSR count). The number of amides is 1. The van der Waals surface area contributed by atoms with Crippen molar-refractivity contribution in [3.05, 3.63) is 30.1 Å². The van der Waals surface area contributed by atoms with Crippen LogP contribution in [0.2, 0.25) is 0 Å². The lowest BCUT2D eigenvalue weighted by Gasteiger charge is -2.15. The molecule has 5 heteroatoms. The van der Waals surface area contributed by atoms with Gasteiger partial charge in [0.1, 0.15) is 5.82 Å². The molecule has 1 aromatic rings. The van der Waals surface area contributed by atoms with E-state index in [4.69, 9.17) is 0 Å². The van der Waals surface area contributed by atoms with E-state index in [0.29, 0.717) is 6.04 Å². The van der Waals surface area contributed by atoms with Crippen LogP contribution < -0.4 is 10.6 Å². The normalized spacial score (nSPS) is 12.2. The minimum atomic E-state index is -0.415. The van der Waals surface area contributed by atoms with Crippen LogP contribution >= 0.6 is 11.8 Å². The maximum Gasteiger partial charge on any atom is 0.238 e. The third kappa shape index (κ3) is 5.06. The zero-order valence-electron chi connectivity index (χ0n) is 10.7. The number of benzene rings is 1. The predicted molar refractivity (Wildman–Crippen MR) is 75.5 cm³/mol. The summed E-state index contributed by atoms with van der Waals surface area (Å²) in [5.41, 5.74) is 0.224. The van der Waals surface area contributed by atoms with Crippen LogP contribution in [0.15, 0.2) is 24.3 Å². The Labute approximate surface area is 112 Å². The topological polar surface area (TPSA) is 41.1 Å². The molecule has 0 bridgehead atoms. The molecule has 3 nitrogen and oxygen atoms in total. The van der Waals surface area contributed by atoms with Gasteiger partial charge in [-0.2, -0.15) is 11.8 Å². The Morgan fingerprint density at radius 3 is 2.78 bits per heavy atom. The van der Waals surface area contributed by atoms with E-state index in [1.165, 1.54) is 6.07 Å². The molecule has 0 aliphatic rings. The molecule has 0 aliphatic carbocycles. The van der Waals surface area contributed by atoms with Crippen molar-refractivity contribution >= 4 is 23.4 Å². The standard InChI is InChI=1S/C13H19FN2OS/c1-3-10(9-18-2)15-8-13(17)16-12-7-5-4-6-11(12)14/h4-7,10,15H,3,8-9H2,1-2H3,(H,16,17). The van der Waals surface area contributed by atoms with Crippen LogP contribution in [0, 0.1) is 5.82 Å². The Balaban J connectivity index is 2.40. The summed E-state index contributed by atoms with van der Waals surface area (Å²) in [4.78, 5) is 11.6. The molecule has 1 aromatic carbocycles. The number of carbonyl (C=O) groups excluding carboxylic acids is 1. The molecule has 0 saturated carbocycles. The molecule has 18 heavy (non-hydrogen) atoms. The molecule has 2 N–H and O–H groups in total. The van der Waals surface area contributed by atoms with E-state index in [1.807, 2.05) is 6.26 Å². The summed E-state index contributed by atoms with van der Waals surface area (Å²) >= 11 is 1.74. The average molecular weight is 270 g/mol. The number of hydrogen-bond donors (Lipinski definition) is 2. The van der Waals surface area contributed by atoms with Crippen LogP contribution in [0.5, 0.6) is 0 Å². The van der Waals surface area contributed by atoms with E-state index in [-0.39, 0.29) is 18.1 Å². The van der Waals surface area contributed by atoms with Crippen LogP contribution in [0.4, 0.5) is 10.1 Å². The van der Waals surface area contributed by atoms with Crippen LogP contribution in [0.1, 0.15) is 13.3 Å². The first-order chi connectivity index (χ1) is 8.67. The van der Waals surface area contributed by atoms with Gasteiger partial charge in [0.15, 0.2) is 0 Å². The number of carbonyl (C=O) groups is 1. The van der Waals surface area contributed by atoms with Gasteiger partial charge in [0.2, 0.25) is 5.91 Å². The van der Waals surface area contributed by atoms with Crippen molar-refractivity contribution in [3.8, 4) is 0 Å². The zero-order valence-corrected chi connectivity index (χ0v) is 11.5. The summed E-state index contributed by atoms with van der Waals surface area (Å²) in [7, 11) is 0. The first-order valence-corrected chi connectivity index (χ1v) is 7.33. The van der Waals surface area contributed by atoms with Crippen molar-refractivity contribution in [2.24, 2.45) is 0 Å². The van der Waals surface area contributed by atoms with Gasteiger partial charge in [-0.15, -0.1) is 0 Å². The Hall–Kier alpha value is -1.07. The molecule has 0 aliphatic heterocycles. The molecule has 0 radical (unpaired) electrons. The number of anilines is 1. The van der Waals surface area contributed by atoms with E-state index in [0.717, 1.165) is 12.2 Å². The summed E-state index contributed by atoms with van der Waals surface area (Å²) < 4.78 is 13.3. The smallest absolute Gasteiger partial charge is 0.238 e. The summed E-state index contributed by atoms with van der Waals surface area (Å²) in [6, 6.07) is 6.47. The zero-order chi connectivity index (χ0) is 13.4. The van der Waals surface area contributed by atoms with Crippen molar-refractivity contribution in [1.82, 2.24) is 5.32 Å². The number of halogens is 1. The minimum absolute atomic E-state index is 0.202. The van der Waals surface area contributed by atoms with Crippen LogP contribution in [0.25, 0.3) is 0 Å². The minimum Gasteiger partial charge on any atom is -0.322 e. The van der Waals surface area contributed by atoms with E-state index in [9.17, 15) is 9.18 Å². The Kier molecular flexibility index (Phi) is 6.75. The molecule has 1 unspecified atom stereocenters. The van der Waals surface area contributed by atoms with Crippen LogP contribution in [-0.4, -0.2) is 30.5 Å². The van der Waals surface area contributed by atoms with Gasteiger partial charge in [0.05, 0.1) is 12.2 Å². The number of nitrogens with one attached hydrogen (secondary N) is 2. The SMILES string of the molecule is CCC(CSC)NCC(=O)Nc1ccccc1F. The highest BCUT2D eigenvalue weighted by molar-refractivity contribution is 7.98. The summed E-state index contributed by atoms with van der Waals surface area (Å²) in [5, 5.41) is 5.70. The van der Waals surface area contributed by atoms with Crippen molar-refractivity contribution in [2.75, 3.05) is 23.9 Å². The van der Waals surface area contributed by atoms with Gasteiger partial charge in [-0.25, -0.2) is 4.39 Å². The fourth-order valence-electron chi connectivity index (χ4n) is 1.52. The lowest BCUT2D eigenvalue weighted by atomic mass is 10.2. The second-order valence-electron chi connectivity index (χ2n) is 3.97. The van der Waals surface area contributed by atoms with Crippen molar-refractivity contribution < 1.29 is 9.18 Å². The van der Waals surface area contributed by atoms with E-state index in [2.05, 4.69) is 17.6 Å². The highest BCUT2D eigenvalue weighted by atomic mass is 32.2. The fourth-order valence-corrected chi connectivity index (χ4v) is 2.27. The number of thioether (sulfide) groups is 1. The van der Waals surface area contributed by atoms with Crippen molar-refractivity contribution in [3.63, 3.8) is 0 Å². The molecule has 1 atom stereocenters. The monoisotopic (exact) mass is 270 g/mol. The van der Waals surface area contributed by atoms with Crippen LogP contribution in [0.3, 0.4) is 0 Å². The third-order valence-electron chi connectivity index (χ3n) is 2.56. The first kappa shape index (κ1) is 15.0. The predicted octanol–water partition coefficient (Wildman–Crippen LogP) is 2.50. The van der Waals surface area contributed by atoms with E-state index < -0.39 is 5.82 Å². The van der Waals surface area contributed by atoms with E-state index in [1.54, 1.807) is 30.0 Å². The number of rotatable bonds is 7. The second kappa shape index (κ2) is 8.11. The summed E-state index contributed by atoms with van der Waals surface area (Å²) in [5.74, 6) is 0.324. The quantitative estimate of drug-likeness (QED) is 0.800. The van der Waals surface area contributed by atoms with Gasteiger partial charge in [-0.1, -0.05) is 19.1 Å². The van der Waals surface area contributed by atoms with Gasteiger partial charge in [0, 0.05) is 11.8 Å². The summed E-state index contributed by atoms with van der Waals surface area (Å²) in [6.45, 7) is 2.27. The lowest BCUT2D eigenvalue weighted by Crippen LogP contribution is -2.37. The third-order valence-corrected chi connectivity index (χ3v) is 3.30. The number of hydrogen-bond acceptors (Lipinski definition) is 3. The largest absolute Gasteiger partial charge is 0.322 e. The molecular formula is C13H19FN2OS. The maximum atomic E-state index is 13.3. The average Bonchev–Trinajstić information content (AvgIpc) is 2.37. The van der Waals surface area contributed by atoms with Crippen LogP contribution in [-0.2, 0) is 4.79 Å². The Morgan fingerprint density at radius 2 is 2.17 bits per heavy atom. The highest BCUT2D eigenvalue weighted by Crippen LogP contribution is 2.11. The first-order valence-electron chi connectivity index (χ1n) is 5.94. The summed E-state index contributed by atoms with van der Waals surface area (Å²) in [6.07, 6.45) is 3.00. The Morgan fingerprint density at radius 1 is 1.44 bits per heavy atom. The maximum absolute atomic E-state index is 13.3. The molecule has 0 heterocycles. The molecule has 100 valence electrons. The van der Waals surface area contributed by atoms with Crippen molar-refractivity contribution in [1.29, 1.82) is 0 Å². The molecular weight excluding hydrogens is 251 g/mol. The van der Waals surface area contributed by atoms with E-state index >= 15 is 0 Å². The van der Waals surface area contributed by atoms with Crippen molar-refractivity contribution in [2.45, 2.75) is 19.4 Å². The Bertz CT molecular complexity index is 387. The molecule has 0 aromatic heterocycles. The van der Waals surface area contributed by atoms with Gasteiger partial charge >= 0.3 is 0 Å². The van der Waals surface area contributed by atoms with Gasteiger partial charge < -0.3 is 10.6 Å². The van der Waals surface area contributed by atoms with Gasteiger partial charge in [-0.3, -0.25) is 4.79 Å². The van der Waals surface area contributed by atoms with Gasteiger partial charge in [-0.05, 0) is 24.8 Å². The molecule has 0 saturated heterocycles. The molecule has 0 spiro atoms. The highest BCUT2D eigenvalue weighted by Gasteiger charge is 2.09. The molecule has 1 amide bonds. The second-order valence-corrected chi connectivity index (χ2v) is 4.88. The lowest BCUT2D eigenvalue weighted by molar-refractivity contribution is -0.115.